The number of hydrogen-bond acceptors (Lipinski definition) is 5. The zero-order chi connectivity index (χ0) is 20.3. The number of nitrogens with zero attached hydrogens (tertiary/aromatic N) is 2. The lowest BCUT2D eigenvalue weighted by molar-refractivity contribution is -0.385. The normalized spacial score (nSPS) is 20.3. The van der Waals surface area contributed by atoms with Gasteiger partial charge in [0.25, 0.3) is 0 Å². The van der Waals surface area contributed by atoms with E-state index in [4.69, 9.17) is 4.74 Å². The van der Waals surface area contributed by atoms with Gasteiger partial charge in [-0.3, -0.25) is 15.0 Å². The number of likely N-dealkylation sites (tertiary alicyclic amines) is 1. The Morgan fingerprint density at radius 3 is 2.68 bits per heavy atom. The molecule has 0 saturated carbocycles. The van der Waals surface area contributed by atoms with Crippen LogP contribution in [0.4, 0.5) is 18.9 Å². The molecule has 0 unspecified atom stereocenters. The monoisotopic (exact) mass is 396 g/mol. The van der Waals surface area contributed by atoms with E-state index >= 15 is 0 Å². The fourth-order valence-electron chi connectivity index (χ4n) is 3.40. The molecule has 9 heteroatoms. The first-order valence-corrected chi connectivity index (χ1v) is 8.71. The fourth-order valence-corrected chi connectivity index (χ4v) is 3.40. The zero-order valence-electron chi connectivity index (χ0n) is 14.8. The third-order valence-electron chi connectivity index (χ3n) is 4.68. The first-order valence-electron chi connectivity index (χ1n) is 8.71. The highest BCUT2D eigenvalue weighted by Gasteiger charge is 2.35. The minimum absolute atomic E-state index is 0.104. The predicted octanol–water partition coefficient (Wildman–Crippen LogP) is 3.80. The maximum absolute atomic E-state index is 13.0. The van der Waals surface area contributed by atoms with E-state index in [9.17, 15) is 28.4 Å². The van der Waals surface area contributed by atoms with Gasteiger partial charge in [-0.25, -0.2) is 0 Å². The number of rotatable bonds is 6. The Bertz CT molecular complexity index is 844. The van der Waals surface area contributed by atoms with Crippen molar-refractivity contribution < 1.29 is 27.9 Å². The molecule has 3 rings (SSSR count). The van der Waals surface area contributed by atoms with Crippen molar-refractivity contribution in [1.82, 2.24) is 4.90 Å². The Kier molecular flexibility index (Phi) is 5.85. The number of aliphatic hydroxyl groups is 1. The van der Waals surface area contributed by atoms with Crippen LogP contribution in [-0.2, 0) is 6.18 Å². The highest BCUT2D eigenvalue weighted by Crippen LogP contribution is 2.36. The van der Waals surface area contributed by atoms with Gasteiger partial charge in [0.05, 0.1) is 16.6 Å². The molecule has 0 radical (unpaired) electrons. The van der Waals surface area contributed by atoms with E-state index in [0.717, 1.165) is 12.1 Å². The molecule has 0 aromatic heterocycles. The zero-order valence-corrected chi connectivity index (χ0v) is 14.8. The summed E-state index contributed by atoms with van der Waals surface area (Å²) in [6.45, 7) is 0.707. The van der Waals surface area contributed by atoms with E-state index in [2.05, 4.69) is 0 Å². The molecule has 1 N–H and O–H groups in total. The second-order valence-corrected chi connectivity index (χ2v) is 6.60. The molecule has 1 saturated heterocycles. The minimum Gasteiger partial charge on any atom is -0.485 e. The SMILES string of the molecule is O=[N+]([O-])c1ccccc1OCCN1C[C@H](O)C[C@H]1c1cccc(C(F)(F)F)c1. The lowest BCUT2D eigenvalue weighted by Crippen LogP contribution is -2.29. The Hall–Kier alpha value is -2.65. The van der Waals surface area contributed by atoms with Crippen LogP contribution in [0.5, 0.6) is 5.75 Å². The summed E-state index contributed by atoms with van der Waals surface area (Å²) in [5, 5.41) is 21.0. The number of para-hydroxylation sites is 2. The van der Waals surface area contributed by atoms with E-state index in [1.807, 2.05) is 4.90 Å². The van der Waals surface area contributed by atoms with Crippen LogP contribution in [0.15, 0.2) is 48.5 Å². The summed E-state index contributed by atoms with van der Waals surface area (Å²) in [7, 11) is 0. The summed E-state index contributed by atoms with van der Waals surface area (Å²) >= 11 is 0. The molecule has 2 atom stereocenters. The molecule has 1 aliphatic heterocycles. The molecular formula is C19H19F3N2O4. The Labute approximate surface area is 159 Å². The third kappa shape index (κ3) is 4.60. The number of halogens is 3. The molecular weight excluding hydrogens is 377 g/mol. The smallest absolute Gasteiger partial charge is 0.416 e. The van der Waals surface area contributed by atoms with Crippen LogP contribution in [0.3, 0.4) is 0 Å². The molecule has 150 valence electrons. The number of nitro groups is 1. The van der Waals surface area contributed by atoms with Crippen LogP contribution in [0, 0.1) is 10.1 Å². The van der Waals surface area contributed by atoms with Crippen LogP contribution in [0.1, 0.15) is 23.6 Å². The molecule has 2 aromatic rings. The highest BCUT2D eigenvalue weighted by molar-refractivity contribution is 5.45. The van der Waals surface area contributed by atoms with Gasteiger partial charge in [0.2, 0.25) is 0 Å². The number of alkyl halides is 3. The van der Waals surface area contributed by atoms with Gasteiger partial charge in [0.15, 0.2) is 5.75 Å². The lowest BCUT2D eigenvalue weighted by Gasteiger charge is -2.25. The van der Waals surface area contributed by atoms with Crippen LogP contribution in [0.2, 0.25) is 0 Å². The Balaban J connectivity index is 1.69. The molecule has 0 bridgehead atoms. The minimum atomic E-state index is -4.44. The standard InChI is InChI=1S/C19H19F3N2O4/c20-19(21,22)14-5-3-4-13(10-14)17-11-15(25)12-23(17)8-9-28-18-7-2-1-6-16(18)24(26)27/h1-7,10,15,17,25H,8-9,11-12H2/t15-,17+/m1/s1. The molecule has 28 heavy (non-hydrogen) atoms. The molecule has 6 nitrogen and oxygen atoms in total. The maximum Gasteiger partial charge on any atom is 0.416 e. The highest BCUT2D eigenvalue weighted by atomic mass is 19.4. The van der Waals surface area contributed by atoms with Crippen molar-refractivity contribution in [2.75, 3.05) is 19.7 Å². The van der Waals surface area contributed by atoms with Gasteiger partial charge in [0, 0.05) is 25.2 Å². The third-order valence-corrected chi connectivity index (χ3v) is 4.68. The first-order chi connectivity index (χ1) is 13.3. The fraction of sp³-hybridized carbons (Fsp3) is 0.368. The van der Waals surface area contributed by atoms with Gasteiger partial charge < -0.3 is 9.84 Å². The average Bonchev–Trinajstić information content (AvgIpc) is 3.02. The maximum atomic E-state index is 13.0. The van der Waals surface area contributed by atoms with E-state index < -0.39 is 22.8 Å². The summed E-state index contributed by atoms with van der Waals surface area (Å²) in [6, 6.07) is 10.7. The second kappa shape index (κ2) is 8.15. The molecule has 0 aliphatic carbocycles. The van der Waals surface area contributed by atoms with Gasteiger partial charge in [-0.1, -0.05) is 24.3 Å². The van der Waals surface area contributed by atoms with Gasteiger partial charge >= 0.3 is 11.9 Å². The van der Waals surface area contributed by atoms with Crippen LogP contribution in [0.25, 0.3) is 0 Å². The van der Waals surface area contributed by atoms with Crippen LogP contribution >= 0.6 is 0 Å². The van der Waals surface area contributed by atoms with Crippen molar-refractivity contribution >= 4 is 5.69 Å². The molecule has 0 amide bonds. The van der Waals surface area contributed by atoms with Crippen molar-refractivity contribution in [3.63, 3.8) is 0 Å². The number of aliphatic hydroxyl groups excluding tert-OH is 1. The van der Waals surface area contributed by atoms with E-state index in [1.54, 1.807) is 12.1 Å². The van der Waals surface area contributed by atoms with Crippen LogP contribution in [-0.4, -0.2) is 40.7 Å². The number of β-amino-alcohol motifs (C(OH)–C–C–N with tert-alkyl or cyclic N) is 1. The van der Waals surface area contributed by atoms with Gasteiger partial charge in [-0.15, -0.1) is 0 Å². The predicted molar refractivity (Wildman–Crippen MR) is 95.0 cm³/mol. The van der Waals surface area contributed by atoms with Crippen molar-refractivity contribution in [3.8, 4) is 5.75 Å². The average molecular weight is 396 g/mol. The topological polar surface area (TPSA) is 75.8 Å². The molecule has 2 aromatic carbocycles. The summed E-state index contributed by atoms with van der Waals surface area (Å²) in [5.41, 5.74) is -0.419. The second-order valence-electron chi connectivity index (χ2n) is 6.60. The number of ether oxygens (including phenoxy) is 1. The summed E-state index contributed by atoms with van der Waals surface area (Å²) in [6.07, 6.45) is -4.79. The van der Waals surface area contributed by atoms with Crippen molar-refractivity contribution in [2.45, 2.75) is 24.7 Å². The van der Waals surface area contributed by atoms with Crippen molar-refractivity contribution in [2.24, 2.45) is 0 Å². The molecule has 1 aliphatic rings. The van der Waals surface area contributed by atoms with E-state index in [0.29, 0.717) is 25.1 Å². The summed E-state index contributed by atoms with van der Waals surface area (Å²) in [4.78, 5) is 12.3. The quantitative estimate of drug-likeness (QED) is 0.594. The molecule has 0 spiro atoms. The van der Waals surface area contributed by atoms with Crippen LogP contribution < -0.4 is 4.74 Å². The van der Waals surface area contributed by atoms with E-state index in [1.165, 1.54) is 24.3 Å². The Morgan fingerprint density at radius 1 is 1.21 bits per heavy atom. The van der Waals surface area contributed by atoms with Gasteiger partial charge in [-0.2, -0.15) is 13.2 Å². The molecule has 1 fully saturated rings. The first kappa shape index (κ1) is 20.1. The summed E-state index contributed by atoms with van der Waals surface area (Å²) in [5.74, 6) is 0.128. The largest absolute Gasteiger partial charge is 0.485 e. The molecule has 1 heterocycles. The number of benzene rings is 2. The number of hydrogen-bond donors (Lipinski definition) is 1. The number of nitro benzene ring substituents is 1. The van der Waals surface area contributed by atoms with Crippen molar-refractivity contribution in [3.05, 3.63) is 69.8 Å². The van der Waals surface area contributed by atoms with Gasteiger partial charge in [-0.05, 0) is 30.2 Å². The van der Waals surface area contributed by atoms with Crippen molar-refractivity contribution in [1.29, 1.82) is 0 Å². The lowest BCUT2D eigenvalue weighted by atomic mass is 10.0. The van der Waals surface area contributed by atoms with E-state index in [-0.39, 0.29) is 24.1 Å². The summed E-state index contributed by atoms with van der Waals surface area (Å²) < 4.78 is 44.5. The van der Waals surface area contributed by atoms with Gasteiger partial charge in [0.1, 0.15) is 6.61 Å². The Morgan fingerprint density at radius 2 is 1.96 bits per heavy atom.